The number of amides is 2. The van der Waals surface area contributed by atoms with Crippen molar-refractivity contribution in [2.24, 2.45) is 0 Å². The Morgan fingerprint density at radius 1 is 1.23 bits per heavy atom. The van der Waals surface area contributed by atoms with Crippen LogP contribution in [-0.2, 0) is 11.2 Å². The second-order valence-corrected chi connectivity index (χ2v) is 6.12. The average Bonchev–Trinajstić information content (AvgIpc) is 3.09. The lowest BCUT2D eigenvalue weighted by Gasteiger charge is -2.19. The van der Waals surface area contributed by atoms with Crippen molar-refractivity contribution in [2.75, 3.05) is 30.0 Å². The molecule has 3 rings (SSSR count). The molecule has 0 aromatic heterocycles. The van der Waals surface area contributed by atoms with Crippen LogP contribution in [0.25, 0.3) is 0 Å². The molecule has 1 aliphatic rings. The van der Waals surface area contributed by atoms with E-state index in [1.54, 1.807) is 42.0 Å². The quantitative estimate of drug-likeness (QED) is 0.799. The van der Waals surface area contributed by atoms with Crippen molar-refractivity contribution in [1.82, 2.24) is 0 Å². The van der Waals surface area contributed by atoms with E-state index in [1.807, 2.05) is 24.3 Å². The third-order valence-electron chi connectivity index (χ3n) is 4.45. The number of nitrogens with zero attached hydrogens (tertiary/aromatic N) is 2. The molecule has 132 valence electrons. The van der Waals surface area contributed by atoms with E-state index >= 15 is 0 Å². The van der Waals surface area contributed by atoms with Crippen LogP contribution in [0.1, 0.15) is 22.8 Å². The topological polar surface area (TPSA) is 49.9 Å². The molecule has 5 heteroatoms. The van der Waals surface area contributed by atoms with Crippen molar-refractivity contribution in [1.29, 1.82) is 0 Å². The Hall–Kier alpha value is -3.26. The summed E-state index contributed by atoms with van der Waals surface area (Å²) in [5.41, 5.74) is 3.28. The molecular formula is C21H20N2O3. The van der Waals surface area contributed by atoms with Gasteiger partial charge in [0.05, 0.1) is 0 Å². The Morgan fingerprint density at radius 2 is 1.96 bits per heavy atom. The Bertz CT molecular complexity index is 881. The first kappa shape index (κ1) is 17.6. The molecule has 0 bridgehead atoms. The summed E-state index contributed by atoms with van der Waals surface area (Å²) in [6.07, 6.45) is 5.94. The largest absolute Gasteiger partial charge is 0.481 e. The van der Waals surface area contributed by atoms with Crippen LogP contribution in [0, 0.1) is 12.3 Å². The molecule has 0 saturated heterocycles. The van der Waals surface area contributed by atoms with E-state index in [4.69, 9.17) is 11.2 Å². The van der Waals surface area contributed by atoms with E-state index in [-0.39, 0.29) is 18.4 Å². The van der Waals surface area contributed by atoms with Gasteiger partial charge in [0.1, 0.15) is 12.4 Å². The Balaban J connectivity index is 1.77. The fourth-order valence-corrected chi connectivity index (χ4v) is 3.06. The SMILES string of the molecule is C#CCOc1ccc(N(C)C(=O)c2ccc3c(c2)CCN3C(C)=O)cc1. The molecule has 0 unspecified atom stereocenters. The molecule has 2 aromatic rings. The molecule has 1 heterocycles. The van der Waals surface area contributed by atoms with Crippen molar-refractivity contribution in [3.8, 4) is 18.1 Å². The van der Waals surface area contributed by atoms with Gasteiger partial charge in [-0.05, 0) is 54.4 Å². The maximum absolute atomic E-state index is 12.8. The lowest BCUT2D eigenvalue weighted by atomic mass is 10.1. The lowest BCUT2D eigenvalue weighted by Crippen LogP contribution is -2.27. The fourth-order valence-electron chi connectivity index (χ4n) is 3.06. The van der Waals surface area contributed by atoms with Gasteiger partial charge in [-0.15, -0.1) is 6.42 Å². The smallest absolute Gasteiger partial charge is 0.258 e. The number of carbonyl (C=O) groups is 2. The monoisotopic (exact) mass is 348 g/mol. The van der Waals surface area contributed by atoms with Gasteiger partial charge in [0, 0.05) is 37.5 Å². The van der Waals surface area contributed by atoms with E-state index in [0.717, 1.165) is 23.4 Å². The third-order valence-corrected chi connectivity index (χ3v) is 4.45. The van der Waals surface area contributed by atoms with E-state index in [9.17, 15) is 9.59 Å². The number of rotatable bonds is 4. The van der Waals surface area contributed by atoms with Gasteiger partial charge in [-0.1, -0.05) is 5.92 Å². The van der Waals surface area contributed by atoms with Crippen LogP contribution in [0.5, 0.6) is 5.75 Å². The van der Waals surface area contributed by atoms with E-state index in [1.165, 1.54) is 0 Å². The summed E-state index contributed by atoms with van der Waals surface area (Å²) in [5.74, 6) is 2.99. The number of anilines is 2. The minimum atomic E-state index is -0.105. The van der Waals surface area contributed by atoms with Crippen LogP contribution in [0.3, 0.4) is 0 Å². The number of terminal acetylenes is 1. The summed E-state index contributed by atoms with van der Waals surface area (Å²) >= 11 is 0. The zero-order valence-electron chi connectivity index (χ0n) is 14.9. The average molecular weight is 348 g/mol. The molecule has 0 spiro atoms. The molecule has 0 saturated carbocycles. The Labute approximate surface area is 153 Å². The van der Waals surface area contributed by atoms with Crippen LogP contribution in [0.2, 0.25) is 0 Å². The maximum atomic E-state index is 12.8. The van der Waals surface area contributed by atoms with Crippen molar-refractivity contribution in [2.45, 2.75) is 13.3 Å². The highest BCUT2D eigenvalue weighted by molar-refractivity contribution is 6.06. The maximum Gasteiger partial charge on any atom is 0.258 e. The number of hydrogen-bond donors (Lipinski definition) is 0. The third kappa shape index (κ3) is 3.40. The molecule has 0 aliphatic carbocycles. The fraction of sp³-hybridized carbons (Fsp3) is 0.238. The second kappa shape index (κ2) is 7.32. The number of hydrogen-bond acceptors (Lipinski definition) is 3. The molecule has 5 nitrogen and oxygen atoms in total. The molecule has 0 fully saturated rings. The highest BCUT2D eigenvalue weighted by Crippen LogP contribution is 2.29. The standard InChI is InChI=1S/C21H20N2O3/c1-4-13-26-19-8-6-18(7-9-19)22(3)21(25)17-5-10-20-16(14-17)11-12-23(20)15(2)24/h1,5-10,14H,11-13H2,2-3H3. The minimum absolute atomic E-state index is 0.0205. The Kier molecular flexibility index (Phi) is 4.94. The van der Waals surface area contributed by atoms with Gasteiger partial charge >= 0.3 is 0 Å². The van der Waals surface area contributed by atoms with Crippen molar-refractivity contribution < 1.29 is 14.3 Å². The summed E-state index contributed by atoms with van der Waals surface area (Å²) in [6, 6.07) is 12.7. The number of ether oxygens (including phenoxy) is 1. The van der Waals surface area contributed by atoms with Crippen LogP contribution in [0.15, 0.2) is 42.5 Å². The number of fused-ring (bicyclic) bond motifs is 1. The molecule has 2 amide bonds. The minimum Gasteiger partial charge on any atom is -0.481 e. The molecule has 0 atom stereocenters. The van der Waals surface area contributed by atoms with Gasteiger partial charge in [-0.2, -0.15) is 0 Å². The van der Waals surface area contributed by atoms with E-state index < -0.39 is 0 Å². The van der Waals surface area contributed by atoms with Gasteiger partial charge in [0.2, 0.25) is 5.91 Å². The lowest BCUT2D eigenvalue weighted by molar-refractivity contribution is -0.116. The summed E-state index contributed by atoms with van der Waals surface area (Å²) in [6.45, 7) is 2.43. The molecule has 26 heavy (non-hydrogen) atoms. The predicted octanol–water partition coefficient (Wildman–Crippen LogP) is 2.88. The van der Waals surface area contributed by atoms with E-state index in [0.29, 0.717) is 17.9 Å². The van der Waals surface area contributed by atoms with Crippen LogP contribution >= 0.6 is 0 Å². The van der Waals surface area contributed by atoms with Gasteiger partial charge in [-0.3, -0.25) is 9.59 Å². The zero-order chi connectivity index (χ0) is 18.7. The first-order chi connectivity index (χ1) is 12.5. The van der Waals surface area contributed by atoms with Gasteiger partial charge in [0.15, 0.2) is 0 Å². The molecule has 2 aromatic carbocycles. The van der Waals surface area contributed by atoms with Gasteiger partial charge in [0.25, 0.3) is 5.91 Å². The highest BCUT2D eigenvalue weighted by atomic mass is 16.5. The van der Waals surface area contributed by atoms with Crippen LogP contribution in [0.4, 0.5) is 11.4 Å². The zero-order valence-corrected chi connectivity index (χ0v) is 14.9. The number of benzene rings is 2. The van der Waals surface area contributed by atoms with Crippen molar-refractivity contribution in [3.63, 3.8) is 0 Å². The summed E-state index contributed by atoms with van der Waals surface area (Å²) in [4.78, 5) is 27.8. The summed E-state index contributed by atoms with van der Waals surface area (Å²) in [5, 5.41) is 0. The molecular weight excluding hydrogens is 328 g/mol. The number of carbonyl (C=O) groups excluding carboxylic acids is 2. The van der Waals surface area contributed by atoms with Gasteiger partial charge in [-0.25, -0.2) is 0 Å². The molecule has 0 radical (unpaired) electrons. The van der Waals surface area contributed by atoms with Crippen molar-refractivity contribution >= 4 is 23.2 Å². The predicted molar refractivity (Wildman–Crippen MR) is 102 cm³/mol. The summed E-state index contributed by atoms with van der Waals surface area (Å²) in [7, 11) is 1.73. The highest BCUT2D eigenvalue weighted by Gasteiger charge is 2.24. The molecule has 1 aliphatic heterocycles. The van der Waals surface area contributed by atoms with E-state index in [2.05, 4.69) is 5.92 Å². The second-order valence-electron chi connectivity index (χ2n) is 6.12. The van der Waals surface area contributed by atoms with Crippen LogP contribution < -0.4 is 14.5 Å². The van der Waals surface area contributed by atoms with Gasteiger partial charge < -0.3 is 14.5 Å². The molecule has 0 N–H and O–H groups in total. The normalized spacial score (nSPS) is 12.3. The Morgan fingerprint density at radius 3 is 2.62 bits per heavy atom. The first-order valence-corrected chi connectivity index (χ1v) is 8.36. The van der Waals surface area contributed by atoms with Crippen molar-refractivity contribution in [3.05, 3.63) is 53.6 Å². The first-order valence-electron chi connectivity index (χ1n) is 8.36. The van der Waals surface area contributed by atoms with Crippen LogP contribution in [-0.4, -0.2) is 32.0 Å². The summed E-state index contributed by atoms with van der Waals surface area (Å²) < 4.78 is 5.34.